The number of para-hydroxylation sites is 1. The molecule has 0 unspecified atom stereocenters. The Bertz CT molecular complexity index is 1070. The highest BCUT2D eigenvalue weighted by Crippen LogP contribution is 2.35. The number of fused-ring (bicyclic) bond motifs is 2. The number of aromatic nitrogens is 1. The van der Waals surface area contributed by atoms with Crippen molar-refractivity contribution in [3.63, 3.8) is 0 Å². The average Bonchev–Trinajstić information content (AvgIpc) is 3.03. The Balaban J connectivity index is 1.77. The highest BCUT2D eigenvalue weighted by molar-refractivity contribution is 6.05. The second-order valence-electron chi connectivity index (χ2n) is 6.63. The van der Waals surface area contributed by atoms with Gasteiger partial charge in [-0.3, -0.25) is 4.79 Å². The minimum Gasteiger partial charge on any atom is -0.481 e. The molecular weight excluding hydrogens is 322 g/mol. The van der Waals surface area contributed by atoms with Gasteiger partial charge in [0.2, 0.25) is 0 Å². The molecule has 0 saturated heterocycles. The largest absolute Gasteiger partial charge is 0.481 e. The van der Waals surface area contributed by atoms with Crippen molar-refractivity contribution in [3.05, 3.63) is 72.9 Å². The molecule has 0 amide bonds. The van der Waals surface area contributed by atoms with Gasteiger partial charge in [0, 0.05) is 35.6 Å². The quantitative estimate of drug-likeness (QED) is 0.455. The van der Waals surface area contributed by atoms with Gasteiger partial charge in [0.05, 0.1) is 0 Å². The maximum absolute atomic E-state index is 10.7. The Morgan fingerprint density at radius 1 is 0.808 bits per heavy atom. The van der Waals surface area contributed by atoms with Crippen LogP contribution in [0.25, 0.3) is 32.8 Å². The zero-order chi connectivity index (χ0) is 17.9. The van der Waals surface area contributed by atoms with E-state index in [1.165, 1.54) is 32.8 Å². The van der Waals surface area contributed by atoms with E-state index >= 15 is 0 Å². The lowest BCUT2D eigenvalue weighted by Gasteiger charge is -2.05. The normalized spacial score (nSPS) is 11.2. The lowest BCUT2D eigenvalue weighted by Crippen LogP contribution is -1.99. The second kappa shape index (κ2) is 7.04. The van der Waals surface area contributed by atoms with Crippen LogP contribution in [0, 0.1) is 0 Å². The molecule has 0 saturated carbocycles. The molecule has 3 nitrogen and oxygen atoms in total. The predicted molar refractivity (Wildman–Crippen MR) is 106 cm³/mol. The Labute approximate surface area is 152 Å². The van der Waals surface area contributed by atoms with E-state index in [-0.39, 0.29) is 6.42 Å². The first-order chi connectivity index (χ1) is 12.7. The molecule has 1 aromatic heterocycles. The summed E-state index contributed by atoms with van der Waals surface area (Å²) in [6.45, 7) is 0.832. The van der Waals surface area contributed by atoms with E-state index in [0.717, 1.165) is 13.0 Å². The number of aryl methyl sites for hydroxylation is 1. The zero-order valence-electron chi connectivity index (χ0n) is 14.6. The van der Waals surface area contributed by atoms with Crippen LogP contribution in [0.4, 0.5) is 0 Å². The first-order valence-electron chi connectivity index (χ1n) is 9.02. The third kappa shape index (κ3) is 3.08. The molecule has 0 bridgehead atoms. The monoisotopic (exact) mass is 343 g/mol. The predicted octanol–water partition coefficient (Wildman–Crippen LogP) is 5.72. The van der Waals surface area contributed by atoms with E-state index < -0.39 is 5.97 Å². The minimum absolute atomic E-state index is 0.232. The number of carboxylic acid groups (broad SMARTS) is 1. The van der Waals surface area contributed by atoms with Gasteiger partial charge < -0.3 is 9.67 Å². The van der Waals surface area contributed by atoms with Crippen LogP contribution in [0.5, 0.6) is 0 Å². The summed E-state index contributed by atoms with van der Waals surface area (Å²) in [5.41, 5.74) is 3.67. The first kappa shape index (κ1) is 16.4. The Morgan fingerprint density at radius 3 is 2.38 bits per heavy atom. The Hall–Kier alpha value is -3.07. The highest BCUT2D eigenvalue weighted by atomic mass is 16.4. The number of hydrogen-bond donors (Lipinski definition) is 1. The highest BCUT2D eigenvalue weighted by Gasteiger charge is 2.12. The van der Waals surface area contributed by atoms with Crippen molar-refractivity contribution in [1.29, 1.82) is 0 Å². The van der Waals surface area contributed by atoms with Gasteiger partial charge >= 0.3 is 5.97 Å². The molecule has 26 heavy (non-hydrogen) atoms. The third-order valence-corrected chi connectivity index (χ3v) is 4.91. The van der Waals surface area contributed by atoms with Gasteiger partial charge in [-0.05, 0) is 35.2 Å². The van der Waals surface area contributed by atoms with E-state index in [9.17, 15) is 4.79 Å². The molecule has 0 aliphatic rings. The molecule has 130 valence electrons. The molecule has 0 aliphatic heterocycles. The number of nitrogens with zero attached hydrogens (tertiary/aromatic N) is 1. The van der Waals surface area contributed by atoms with Crippen molar-refractivity contribution >= 4 is 27.6 Å². The molecule has 0 atom stereocenters. The van der Waals surface area contributed by atoms with Crippen LogP contribution in [-0.4, -0.2) is 15.6 Å². The molecule has 4 rings (SSSR count). The summed E-state index contributed by atoms with van der Waals surface area (Å²) in [6, 6.07) is 23.3. The van der Waals surface area contributed by atoms with Gasteiger partial charge in [-0.15, -0.1) is 0 Å². The fourth-order valence-corrected chi connectivity index (χ4v) is 3.67. The number of carboxylic acids is 1. The number of rotatable bonds is 6. The van der Waals surface area contributed by atoms with Crippen LogP contribution in [0.15, 0.2) is 72.9 Å². The summed E-state index contributed by atoms with van der Waals surface area (Å²) in [6.07, 6.45) is 4.01. The molecular formula is C23H21NO2. The van der Waals surface area contributed by atoms with Crippen molar-refractivity contribution in [2.75, 3.05) is 0 Å². The maximum atomic E-state index is 10.7. The van der Waals surface area contributed by atoms with Gasteiger partial charge in [0.1, 0.15) is 0 Å². The van der Waals surface area contributed by atoms with E-state index in [0.29, 0.717) is 6.42 Å². The number of aliphatic carboxylic acids is 1. The van der Waals surface area contributed by atoms with Crippen LogP contribution in [0.3, 0.4) is 0 Å². The molecule has 0 spiro atoms. The van der Waals surface area contributed by atoms with Gasteiger partial charge in [-0.1, -0.05) is 60.7 Å². The summed E-state index contributed by atoms with van der Waals surface area (Å²) in [7, 11) is 0. The smallest absolute Gasteiger partial charge is 0.303 e. The van der Waals surface area contributed by atoms with Crippen molar-refractivity contribution < 1.29 is 9.90 Å². The van der Waals surface area contributed by atoms with E-state index in [1.807, 2.05) is 0 Å². The van der Waals surface area contributed by atoms with Crippen molar-refractivity contribution in [3.8, 4) is 11.1 Å². The molecule has 3 heteroatoms. The number of hydrogen-bond acceptors (Lipinski definition) is 1. The van der Waals surface area contributed by atoms with Gasteiger partial charge in [-0.25, -0.2) is 0 Å². The molecule has 4 aromatic rings. The standard InChI is InChI=1S/C23H21NO2/c25-23(26)14-5-6-15-24-16-21(20-11-3-4-13-22(20)24)19-12-7-9-17-8-1-2-10-18(17)19/h1-4,7-13,16H,5-6,14-15H2,(H,25,26). The molecule has 1 N–H and O–H groups in total. The lowest BCUT2D eigenvalue weighted by molar-refractivity contribution is -0.137. The summed E-state index contributed by atoms with van der Waals surface area (Å²) in [5.74, 6) is -0.723. The fourth-order valence-electron chi connectivity index (χ4n) is 3.67. The summed E-state index contributed by atoms with van der Waals surface area (Å²) in [4.78, 5) is 10.7. The van der Waals surface area contributed by atoms with Crippen LogP contribution in [0.1, 0.15) is 19.3 Å². The molecule has 3 aromatic carbocycles. The third-order valence-electron chi connectivity index (χ3n) is 4.91. The number of unbranched alkanes of at least 4 members (excludes halogenated alkanes) is 1. The van der Waals surface area contributed by atoms with E-state index in [1.54, 1.807) is 0 Å². The van der Waals surface area contributed by atoms with E-state index in [2.05, 4.69) is 77.5 Å². The minimum atomic E-state index is -0.723. The summed E-state index contributed by atoms with van der Waals surface area (Å²) in [5, 5.41) is 12.6. The second-order valence-corrected chi connectivity index (χ2v) is 6.63. The van der Waals surface area contributed by atoms with E-state index in [4.69, 9.17) is 5.11 Å². The van der Waals surface area contributed by atoms with Gasteiger partial charge in [0.25, 0.3) is 0 Å². The van der Waals surface area contributed by atoms with Crippen LogP contribution in [-0.2, 0) is 11.3 Å². The van der Waals surface area contributed by atoms with Crippen molar-refractivity contribution in [2.45, 2.75) is 25.8 Å². The van der Waals surface area contributed by atoms with Crippen LogP contribution >= 0.6 is 0 Å². The first-order valence-corrected chi connectivity index (χ1v) is 9.02. The fraction of sp³-hybridized carbons (Fsp3) is 0.174. The Morgan fingerprint density at radius 2 is 1.54 bits per heavy atom. The maximum Gasteiger partial charge on any atom is 0.303 e. The van der Waals surface area contributed by atoms with Crippen LogP contribution < -0.4 is 0 Å². The molecule has 0 aliphatic carbocycles. The topological polar surface area (TPSA) is 42.2 Å². The molecule has 1 heterocycles. The van der Waals surface area contributed by atoms with Crippen molar-refractivity contribution in [2.24, 2.45) is 0 Å². The van der Waals surface area contributed by atoms with Crippen LogP contribution in [0.2, 0.25) is 0 Å². The van der Waals surface area contributed by atoms with Crippen molar-refractivity contribution in [1.82, 2.24) is 4.57 Å². The number of benzene rings is 3. The average molecular weight is 343 g/mol. The summed E-state index contributed by atoms with van der Waals surface area (Å²) >= 11 is 0. The van der Waals surface area contributed by atoms with Gasteiger partial charge in [0.15, 0.2) is 0 Å². The zero-order valence-corrected chi connectivity index (χ0v) is 14.6. The molecule has 0 radical (unpaired) electrons. The molecule has 0 fully saturated rings. The summed E-state index contributed by atoms with van der Waals surface area (Å²) < 4.78 is 2.26. The SMILES string of the molecule is O=C(O)CCCCn1cc(-c2cccc3ccccc23)c2ccccc21. The number of carbonyl (C=O) groups is 1. The van der Waals surface area contributed by atoms with Gasteiger partial charge in [-0.2, -0.15) is 0 Å². The lowest BCUT2D eigenvalue weighted by atomic mass is 9.98. The Kier molecular flexibility index (Phi) is 4.44.